The molecule has 2 fully saturated rings. The minimum absolute atomic E-state index is 0.117. The molecule has 2 aromatic rings. The summed E-state index contributed by atoms with van der Waals surface area (Å²) in [5, 5.41) is 3.01. The summed E-state index contributed by atoms with van der Waals surface area (Å²) in [4.78, 5) is 30.1. The first-order valence-corrected chi connectivity index (χ1v) is 10.6. The van der Waals surface area contributed by atoms with Crippen molar-refractivity contribution in [2.75, 3.05) is 18.4 Å². The molecule has 1 spiro atoms. The van der Waals surface area contributed by atoms with Gasteiger partial charge in [0.25, 0.3) is 0 Å². The van der Waals surface area contributed by atoms with Crippen LogP contribution in [-0.2, 0) is 4.79 Å². The highest BCUT2D eigenvalue weighted by molar-refractivity contribution is 5.97. The molecule has 4 rings (SSSR count). The zero-order valence-corrected chi connectivity index (χ0v) is 17.2. The van der Waals surface area contributed by atoms with Gasteiger partial charge < -0.3 is 15.1 Å². The SMILES string of the molecule is CC(C)N1CCCC2(CCCN2C(=O)Nc2ccc(-c3ccccc3)cc2)C1=O. The third-order valence-corrected chi connectivity index (χ3v) is 6.25. The molecule has 0 saturated carbocycles. The van der Waals surface area contributed by atoms with Crippen LogP contribution in [0, 0.1) is 0 Å². The maximum absolute atomic E-state index is 13.3. The van der Waals surface area contributed by atoms with Gasteiger partial charge in [0.05, 0.1) is 0 Å². The Hall–Kier alpha value is -2.82. The van der Waals surface area contributed by atoms with Crippen molar-refractivity contribution in [1.29, 1.82) is 0 Å². The van der Waals surface area contributed by atoms with E-state index in [2.05, 4.69) is 17.4 Å². The Balaban J connectivity index is 1.50. The number of hydrogen-bond acceptors (Lipinski definition) is 2. The van der Waals surface area contributed by atoms with Gasteiger partial charge >= 0.3 is 6.03 Å². The van der Waals surface area contributed by atoms with Gasteiger partial charge in [-0.3, -0.25) is 4.79 Å². The lowest BCUT2D eigenvalue weighted by Gasteiger charge is -2.45. The number of carbonyl (C=O) groups is 2. The van der Waals surface area contributed by atoms with Crippen LogP contribution < -0.4 is 5.32 Å². The van der Waals surface area contributed by atoms with E-state index in [1.54, 1.807) is 4.90 Å². The molecule has 0 aromatic heterocycles. The first-order valence-electron chi connectivity index (χ1n) is 10.6. The third-order valence-electron chi connectivity index (χ3n) is 6.25. The lowest BCUT2D eigenvalue weighted by molar-refractivity contribution is -0.147. The molecule has 0 aliphatic carbocycles. The number of urea groups is 1. The van der Waals surface area contributed by atoms with Crippen molar-refractivity contribution >= 4 is 17.6 Å². The van der Waals surface area contributed by atoms with Gasteiger partial charge in [0.1, 0.15) is 5.54 Å². The fraction of sp³-hybridized carbons (Fsp3) is 0.417. The second-order valence-electron chi connectivity index (χ2n) is 8.36. The maximum atomic E-state index is 13.3. The van der Waals surface area contributed by atoms with Crippen LogP contribution >= 0.6 is 0 Å². The van der Waals surface area contributed by atoms with E-state index in [1.165, 1.54) is 0 Å². The normalized spacial score (nSPS) is 21.8. The van der Waals surface area contributed by atoms with E-state index >= 15 is 0 Å². The summed E-state index contributed by atoms with van der Waals surface area (Å²) < 4.78 is 0. The minimum atomic E-state index is -0.670. The number of nitrogens with one attached hydrogen (secondary N) is 1. The van der Waals surface area contributed by atoms with Gasteiger partial charge in [-0.25, -0.2) is 4.79 Å². The molecule has 2 aromatic carbocycles. The van der Waals surface area contributed by atoms with Crippen molar-refractivity contribution in [3.8, 4) is 11.1 Å². The van der Waals surface area contributed by atoms with E-state index < -0.39 is 5.54 Å². The molecule has 2 heterocycles. The van der Waals surface area contributed by atoms with E-state index in [9.17, 15) is 9.59 Å². The predicted octanol–water partition coefficient (Wildman–Crippen LogP) is 4.75. The van der Waals surface area contributed by atoms with E-state index in [4.69, 9.17) is 0 Å². The lowest BCUT2D eigenvalue weighted by atomic mass is 9.85. The van der Waals surface area contributed by atoms with E-state index in [1.807, 2.05) is 61.2 Å². The van der Waals surface area contributed by atoms with Crippen LogP contribution in [-0.4, -0.2) is 46.4 Å². The summed E-state index contributed by atoms with van der Waals surface area (Å²) >= 11 is 0. The standard InChI is InChI=1S/C24H29N3O2/c1-18(2)26-16-6-14-24(22(26)28)15-7-17-27(24)23(29)25-21-12-10-20(11-13-21)19-8-4-3-5-9-19/h3-5,8-13,18H,6-7,14-17H2,1-2H3,(H,25,29). The number of rotatable bonds is 3. The molecule has 2 aliphatic rings. The third kappa shape index (κ3) is 3.61. The van der Waals surface area contributed by atoms with Crippen LogP contribution in [0.25, 0.3) is 11.1 Å². The van der Waals surface area contributed by atoms with Crippen molar-refractivity contribution in [2.24, 2.45) is 0 Å². The average Bonchev–Trinajstić information content (AvgIpc) is 3.16. The van der Waals surface area contributed by atoms with Gasteiger partial charge in [-0.15, -0.1) is 0 Å². The highest BCUT2D eigenvalue weighted by Gasteiger charge is 2.53. The zero-order chi connectivity index (χ0) is 20.4. The number of nitrogens with zero attached hydrogens (tertiary/aromatic N) is 2. The average molecular weight is 392 g/mol. The zero-order valence-electron chi connectivity index (χ0n) is 17.2. The van der Waals surface area contributed by atoms with Crippen LogP contribution in [0.15, 0.2) is 54.6 Å². The van der Waals surface area contributed by atoms with Crippen LogP contribution in [0.1, 0.15) is 39.5 Å². The second kappa shape index (κ2) is 7.90. The van der Waals surface area contributed by atoms with E-state index in [0.29, 0.717) is 6.54 Å². The molecule has 1 atom stereocenters. The maximum Gasteiger partial charge on any atom is 0.322 e. The van der Waals surface area contributed by atoms with E-state index in [0.717, 1.165) is 49.0 Å². The number of hydrogen-bond donors (Lipinski definition) is 1. The Morgan fingerprint density at radius 3 is 2.21 bits per heavy atom. The number of anilines is 1. The molecule has 29 heavy (non-hydrogen) atoms. The molecule has 3 amide bonds. The number of piperidine rings is 1. The summed E-state index contributed by atoms with van der Waals surface area (Å²) in [6.07, 6.45) is 3.34. The Kier molecular flexibility index (Phi) is 5.31. The number of carbonyl (C=O) groups excluding carboxylic acids is 2. The van der Waals surface area contributed by atoms with E-state index in [-0.39, 0.29) is 18.0 Å². The largest absolute Gasteiger partial charge is 0.338 e. The second-order valence-corrected chi connectivity index (χ2v) is 8.36. The Morgan fingerprint density at radius 2 is 1.55 bits per heavy atom. The minimum Gasteiger partial charge on any atom is -0.338 e. The molecule has 1 unspecified atom stereocenters. The van der Waals surface area contributed by atoms with Gasteiger partial charge in [-0.1, -0.05) is 42.5 Å². The lowest BCUT2D eigenvalue weighted by Crippen LogP contribution is -2.63. The van der Waals surface area contributed by atoms with Gasteiger partial charge in [0.15, 0.2) is 0 Å². The Bertz CT molecular complexity index is 879. The van der Waals surface area contributed by atoms with Crippen molar-refractivity contribution < 1.29 is 9.59 Å². The Morgan fingerprint density at radius 1 is 0.931 bits per heavy atom. The molecule has 152 valence electrons. The molecule has 2 saturated heterocycles. The molecule has 2 aliphatic heterocycles. The van der Waals surface area contributed by atoms with Crippen molar-refractivity contribution in [3.63, 3.8) is 0 Å². The highest BCUT2D eigenvalue weighted by Crippen LogP contribution is 2.39. The quantitative estimate of drug-likeness (QED) is 0.821. The van der Waals surface area contributed by atoms with Crippen LogP contribution in [0.5, 0.6) is 0 Å². The van der Waals surface area contributed by atoms with Gasteiger partial charge in [-0.2, -0.15) is 0 Å². The van der Waals surface area contributed by atoms with Gasteiger partial charge in [-0.05, 0) is 62.8 Å². The molecular weight excluding hydrogens is 362 g/mol. The Labute approximate surface area is 172 Å². The monoisotopic (exact) mass is 391 g/mol. The summed E-state index contributed by atoms with van der Waals surface area (Å²) in [5.74, 6) is 0.117. The van der Waals surface area contributed by atoms with Crippen molar-refractivity contribution in [2.45, 2.75) is 51.1 Å². The molecule has 1 N–H and O–H groups in total. The summed E-state index contributed by atoms with van der Waals surface area (Å²) in [6, 6.07) is 18.0. The van der Waals surface area contributed by atoms with Crippen LogP contribution in [0.4, 0.5) is 10.5 Å². The highest BCUT2D eigenvalue weighted by atomic mass is 16.2. The van der Waals surface area contributed by atoms with Crippen LogP contribution in [0.2, 0.25) is 0 Å². The molecule has 5 nitrogen and oxygen atoms in total. The van der Waals surface area contributed by atoms with Crippen molar-refractivity contribution in [3.05, 3.63) is 54.6 Å². The predicted molar refractivity (Wildman–Crippen MR) is 116 cm³/mol. The molecule has 0 bridgehead atoms. The number of amides is 3. The van der Waals surface area contributed by atoms with Crippen LogP contribution in [0.3, 0.4) is 0 Å². The number of likely N-dealkylation sites (tertiary alicyclic amines) is 2. The number of benzene rings is 2. The summed E-state index contributed by atoms with van der Waals surface area (Å²) in [7, 11) is 0. The summed E-state index contributed by atoms with van der Waals surface area (Å²) in [5.41, 5.74) is 2.33. The smallest absolute Gasteiger partial charge is 0.322 e. The molecular formula is C24H29N3O2. The van der Waals surface area contributed by atoms with Gasteiger partial charge in [0, 0.05) is 24.8 Å². The molecule has 0 radical (unpaired) electrons. The topological polar surface area (TPSA) is 52.6 Å². The fourth-order valence-corrected chi connectivity index (χ4v) is 4.73. The first kappa shape index (κ1) is 19.5. The first-order chi connectivity index (χ1) is 14.0. The fourth-order valence-electron chi connectivity index (χ4n) is 4.73. The summed E-state index contributed by atoms with van der Waals surface area (Å²) in [6.45, 7) is 5.51. The van der Waals surface area contributed by atoms with Crippen molar-refractivity contribution in [1.82, 2.24) is 9.80 Å². The molecule has 5 heteroatoms. The van der Waals surface area contributed by atoms with Gasteiger partial charge in [0.2, 0.25) is 5.91 Å².